The molecule has 0 aromatic heterocycles. The highest BCUT2D eigenvalue weighted by Gasteiger charge is 2.30. The number of likely N-dealkylation sites (N-methyl/N-ethyl adjacent to an activating group) is 1. The predicted octanol–water partition coefficient (Wildman–Crippen LogP) is 4.93. The first-order chi connectivity index (χ1) is 18.1. The molecule has 10 heteroatoms. The molecule has 0 radical (unpaired) electrons. The van der Waals surface area contributed by atoms with Gasteiger partial charge in [0.15, 0.2) is 0 Å². The van der Waals surface area contributed by atoms with E-state index in [2.05, 4.69) is 5.32 Å². The third kappa shape index (κ3) is 8.21. The maximum atomic E-state index is 13.6. The molecule has 0 saturated heterocycles. The normalized spacial score (nSPS) is 12.0. The van der Waals surface area contributed by atoms with Gasteiger partial charge < -0.3 is 10.2 Å². The molecule has 1 N–H and O–H groups in total. The number of benzene rings is 3. The number of anilines is 1. The number of nitrogens with one attached hydrogen (secondary N) is 1. The van der Waals surface area contributed by atoms with Crippen LogP contribution in [0.25, 0.3) is 0 Å². The third-order valence-electron chi connectivity index (χ3n) is 6.06. The Labute approximate surface area is 234 Å². The van der Waals surface area contributed by atoms with Crippen molar-refractivity contribution in [1.82, 2.24) is 10.2 Å². The van der Waals surface area contributed by atoms with Crippen LogP contribution in [0.2, 0.25) is 10.0 Å². The first-order valence-electron chi connectivity index (χ1n) is 12.1. The van der Waals surface area contributed by atoms with Crippen LogP contribution < -0.4 is 9.62 Å². The van der Waals surface area contributed by atoms with E-state index in [0.29, 0.717) is 27.7 Å². The maximum absolute atomic E-state index is 13.6. The Kier molecular flexibility index (Phi) is 10.6. The molecule has 2 amide bonds. The highest BCUT2D eigenvalue weighted by atomic mass is 35.5. The molecule has 0 unspecified atom stereocenters. The minimum absolute atomic E-state index is 0.0271. The second-order valence-electron chi connectivity index (χ2n) is 8.85. The van der Waals surface area contributed by atoms with Crippen molar-refractivity contribution in [3.8, 4) is 0 Å². The summed E-state index contributed by atoms with van der Waals surface area (Å²) in [4.78, 5) is 28.2. The summed E-state index contributed by atoms with van der Waals surface area (Å²) in [5.74, 6) is -0.583. The van der Waals surface area contributed by atoms with Gasteiger partial charge in [-0.2, -0.15) is 0 Å². The lowest BCUT2D eigenvalue weighted by Crippen LogP contribution is -2.49. The third-order valence-corrected chi connectivity index (χ3v) is 7.86. The van der Waals surface area contributed by atoms with Crippen LogP contribution in [0.1, 0.15) is 24.0 Å². The topological polar surface area (TPSA) is 86.8 Å². The smallest absolute Gasteiger partial charge is 0.242 e. The van der Waals surface area contributed by atoms with Gasteiger partial charge in [-0.05, 0) is 41.8 Å². The minimum atomic E-state index is -3.61. The highest BCUT2D eigenvalue weighted by Crippen LogP contribution is 2.24. The predicted molar refractivity (Wildman–Crippen MR) is 153 cm³/mol. The number of hydrogen-bond donors (Lipinski definition) is 1. The first kappa shape index (κ1) is 29.5. The molecule has 0 bridgehead atoms. The van der Waals surface area contributed by atoms with Gasteiger partial charge in [0.1, 0.15) is 6.04 Å². The molecule has 0 spiro atoms. The van der Waals surface area contributed by atoms with E-state index in [9.17, 15) is 18.0 Å². The van der Waals surface area contributed by atoms with E-state index in [0.717, 1.165) is 11.8 Å². The largest absolute Gasteiger partial charge is 0.357 e. The molecule has 0 aliphatic heterocycles. The van der Waals surface area contributed by atoms with Gasteiger partial charge in [-0.15, -0.1) is 0 Å². The molecule has 0 heterocycles. The molecule has 0 saturated carbocycles. The summed E-state index contributed by atoms with van der Waals surface area (Å²) >= 11 is 12.5. The highest BCUT2D eigenvalue weighted by molar-refractivity contribution is 7.92. The number of nitrogens with zero attached hydrogens (tertiary/aromatic N) is 2. The van der Waals surface area contributed by atoms with Crippen LogP contribution in [0.3, 0.4) is 0 Å². The standard InChI is InChI=1S/C28H31Cl2N3O4S/c1-31-28(35)26(18-21-10-4-3-5-11-21)32(20-22-12-6-7-15-25(22)30)27(34)16-9-17-33(38(2,36)37)24-14-8-13-23(29)19-24/h3-8,10-15,19,26H,9,16-18,20H2,1-2H3,(H,31,35)/t26-/m0/s1. The molecule has 0 aliphatic carbocycles. The van der Waals surface area contributed by atoms with Crippen molar-refractivity contribution in [3.63, 3.8) is 0 Å². The fourth-order valence-corrected chi connectivity index (χ4v) is 5.50. The maximum Gasteiger partial charge on any atom is 0.242 e. The van der Waals surface area contributed by atoms with E-state index >= 15 is 0 Å². The van der Waals surface area contributed by atoms with Crippen LogP contribution in [0.5, 0.6) is 0 Å². The Morgan fingerprint density at radius 3 is 2.26 bits per heavy atom. The van der Waals surface area contributed by atoms with E-state index in [1.54, 1.807) is 36.4 Å². The van der Waals surface area contributed by atoms with Gasteiger partial charge >= 0.3 is 0 Å². The van der Waals surface area contributed by atoms with E-state index in [4.69, 9.17) is 23.2 Å². The van der Waals surface area contributed by atoms with Crippen LogP contribution in [0.4, 0.5) is 5.69 Å². The molecule has 202 valence electrons. The number of rotatable bonds is 12. The lowest BCUT2D eigenvalue weighted by atomic mass is 10.0. The molecule has 0 fully saturated rings. The van der Waals surface area contributed by atoms with Gasteiger partial charge in [0.2, 0.25) is 21.8 Å². The number of sulfonamides is 1. The number of carbonyl (C=O) groups is 2. The Morgan fingerprint density at radius 1 is 0.947 bits per heavy atom. The number of hydrogen-bond acceptors (Lipinski definition) is 4. The number of amides is 2. The Morgan fingerprint density at radius 2 is 1.63 bits per heavy atom. The lowest BCUT2D eigenvalue weighted by molar-refractivity contribution is -0.141. The van der Waals surface area contributed by atoms with E-state index < -0.39 is 16.1 Å². The molecular formula is C28H31Cl2N3O4S. The molecule has 7 nitrogen and oxygen atoms in total. The number of carbonyl (C=O) groups excluding carboxylic acids is 2. The van der Waals surface area contributed by atoms with E-state index in [-0.39, 0.29) is 37.7 Å². The van der Waals surface area contributed by atoms with Gasteiger partial charge in [0.25, 0.3) is 0 Å². The molecule has 1 atom stereocenters. The summed E-state index contributed by atoms with van der Waals surface area (Å²) in [6.45, 7) is 0.210. The van der Waals surface area contributed by atoms with Crippen molar-refractivity contribution in [3.05, 3.63) is 100 Å². The first-order valence-corrected chi connectivity index (χ1v) is 14.7. The number of halogens is 2. The Balaban J connectivity index is 1.85. The second-order valence-corrected chi connectivity index (χ2v) is 11.6. The van der Waals surface area contributed by atoms with Crippen molar-refractivity contribution < 1.29 is 18.0 Å². The van der Waals surface area contributed by atoms with Crippen molar-refractivity contribution >= 4 is 50.7 Å². The van der Waals surface area contributed by atoms with Gasteiger partial charge in [0, 0.05) is 43.0 Å². The van der Waals surface area contributed by atoms with Crippen molar-refractivity contribution in [2.24, 2.45) is 0 Å². The molecule has 38 heavy (non-hydrogen) atoms. The summed E-state index contributed by atoms with van der Waals surface area (Å²) in [5, 5.41) is 3.58. The zero-order valence-corrected chi connectivity index (χ0v) is 23.6. The van der Waals surface area contributed by atoms with Crippen LogP contribution in [0.15, 0.2) is 78.9 Å². The summed E-state index contributed by atoms with van der Waals surface area (Å²) in [5.41, 5.74) is 2.04. The van der Waals surface area contributed by atoms with E-state index in [1.807, 2.05) is 42.5 Å². The fraction of sp³-hybridized carbons (Fsp3) is 0.286. The fourth-order valence-electron chi connectivity index (χ4n) is 4.17. The van der Waals surface area contributed by atoms with Crippen molar-refractivity contribution in [2.75, 3.05) is 24.2 Å². The summed E-state index contributed by atoms with van der Waals surface area (Å²) in [6.07, 6.45) is 1.69. The molecule has 3 aromatic rings. The van der Waals surface area contributed by atoms with Crippen LogP contribution in [-0.4, -0.2) is 51.0 Å². The van der Waals surface area contributed by atoms with Crippen LogP contribution >= 0.6 is 23.2 Å². The SMILES string of the molecule is CNC(=O)[C@H](Cc1ccccc1)N(Cc1ccccc1Cl)C(=O)CCCN(c1cccc(Cl)c1)S(C)(=O)=O. The Bertz CT molecular complexity index is 1350. The summed E-state index contributed by atoms with van der Waals surface area (Å²) < 4.78 is 26.2. The van der Waals surface area contributed by atoms with Gasteiger partial charge in [-0.3, -0.25) is 13.9 Å². The van der Waals surface area contributed by atoms with Gasteiger partial charge in [-0.1, -0.05) is 77.8 Å². The Hall–Kier alpha value is -3.07. The molecule has 0 aliphatic rings. The van der Waals surface area contributed by atoms with Gasteiger partial charge in [-0.25, -0.2) is 8.42 Å². The van der Waals surface area contributed by atoms with Crippen molar-refractivity contribution in [1.29, 1.82) is 0 Å². The molecule has 3 aromatic carbocycles. The monoisotopic (exact) mass is 575 g/mol. The minimum Gasteiger partial charge on any atom is -0.357 e. The second kappa shape index (κ2) is 13.6. The molecular weight excluding hydrogens is 545 g/mol. The zero-order chi connectivity index (χ0) is 27.7. The van der Waals surface area contributed by atoms with Crippen molar-refractivity contribution in [2.45, 2.75) is 31.8 Å². The zero-order valence-electron chi connectivity index (χ0n) is 21.3. The van der Waals surface area contributed by atoms with Gasteiger partial charge in [0.05, 0.1) is 11.9 Å². The van der Waals surface area contributed by atoms with Crippen LogP contribution in [-0.2, 0) is 32.6 Å². The summed E-state index contributed by atoms with van der Waals surface area (Å²) in [6, 6.07) is 22.4. The van der Waals surface area contributed by atoms with Crippen LogP contribution in [0, 0.1) is 0 Å². The summed E-state index contributed by atoms with van der Waals surface area (Å²) in [7, 11) is -2.08. The average Bonchev–Trinajstić information content (AvgIpc) is 2.89. The molecule has 3 rings (SSSR count). The quantitative estimate of drug-likeness (QED) is 0.332. The average molecular weight is 577 g/mol. The lowest BCUT2D eigenvalue weighted by Gasteiger charge is -2.32. The van der Waals surface area contributed by atoms with E-state index in [1.165, 1.54) is 16.3 Å².